The molecule has 3 aliphatic rings. The summed E-state index contributed by atoms with van der Waals surface area (Å²) < 4.78 is 39.9. The van der Waals surface area contributed by atoms with Gasteiger partial charge >= 0.3 is 16.4 Å². The number of ether oxygens (including phenoxy) is 1. The zero-order valence-corrected chi connectivity index (χ0v) is 14.4. The molecule has 26 heavy (non-hydrogen) atoms. The molecule has 146 valence electrons. The van der Waals surface area contributed by atoms with Gasteiger partial charge < -0.3 is 15.0 Å². The summed E-state index contributed by atoms with van der Waals surface area (Å²) in [7, 11) is -4.85. The van der Waals surface area contributed by atoms with Crippen molar-refractivity contribution in [1.82, 2.24) is 26.1 Å². The van der Waals surface area contributed by atoms with Gasteiger partial charge in [0.2, 0.25) is 0 Å². The second kappa shape index (κ2) is 7.32. The molecule has 0 saturated carbocycles. The fourth-order valence-corrected chi connectivity index (χ4v) is 3.52. The molecule has 3 saturated heterocycles. The van der Waals surface area contributed by atoms with Gasteiger partial charge in [-0.1, -0.05) is 0 Å². The van der Waals surface area contributed by atoms with Crippen LogP contribution in [-0.2, 0) is 29.0 Å². The Morgan fingerprint density at radius 1 is 1.27 bits per heavy atom. The lowest BCUT2D eigenvalue weighted by Gasteiger charge is -2.29. The van der Waals surface area contributed by atoms with Crippen molar-refractivity contribution in [3.05, 3.63) is 0 Å². The lowest BCUT2D eigenvalue weighted by molar-refractivity contribution is -0.134. The number of nitrogens with one attached hydrogen (secondary N) is 3. The fraction of sp³-hybridized carbons (Fsp3) is 0.750. The first-order valence-corrected chi connectivity index (χ1v) is 9.30. The number of amides is 4. The third kappa shape index (κ3) is 4.04. The number of nitrogens with zero attached hydrogens (tertiary/aromatic N) is 2. The van der Waals surface area contributed by atoms with E-state index >= 15 is 0 Å². The van der Waals surface area contributed by atoms with Gasteiger partial charge in [0.05, 0.1) is 19.3 Å². The third-order valence-electron chi connectivity index (χ3n) is 4.35. The molecule has 0 aromatic heterocycles. The van der Waals surface area contributed by atoms with Crippen molar-refractivity contribution in [1.29, 1.82) is 0 Å². The maximum absolute atomic E-state index is 12.3. The lowest BCUT2D eigenvalue weighted by Crippen LogP contribution is -2.58. The zero-order chi connectivity index (χ0) is 18.9. The quantitative estimate of drug-likeness (QED) is 0.290. The van der Waals surface area contributed by atoms with Gasteiger partial charge in [-0.2, -0.15) is 13.5 Å². The van der Waals surface area contributed by atoms with E-state index < -0.39 is 46.4 Å². The molecule has 0 radical (unpaired) electrons. The maximum Gasteiger partial charge on any atom is 0.418 e. The van der Waals surface area contributed by atoms with Gasteiger partial charge in [-0.15, -0.1) is 4.28 Å². The van der Waals surface area contributed by atoms with E-state index in [2.05, 4.69) is 20.5 Å². The van der Waals surface area contributed by atoms with Crippen LogP contribution >= 0.6 is 0 Å². The minimum Gasteiger partial charge on any atom is -0.378 e. The lowest BCUT2D eigenvalue weighted by atomic mass is 10.0. The van der Waals surface area contributed by atoms with Crippen LogP contribution in [0.15, 0.2) is 0 Å². The molecule has 0 aliphatic carbocycles. The van der Waals surface area contributed by atoms with Crippen molar-refractivity contribution in [2.24, 2.45) is 0 Å². The van der Waals surface area contributed by atoms with Crippen molar-refractivity contribution in [2.75, 3.05) is 26.3 Å². The van der Waals surface area contributed by atoms with Gasteiger partial charge in [0.25, 0.3) is 11.8 Å². The van der Waals surface area contributed by atoms with Crippen molar-refractivity contribution >= 4 is 28.2 Å². The number of carbonyl (C=O) groups excluding carboxylic acids is 3. The minimum absolute atomic E-state index is 0.0679. The fourth-order valence-electron chi connectivity index (χ4n) is 3.13. The van der Waals surface area contributed by atoms with Gasteiger partial charge in [-0.25, -0.2) is 4.79 Å². The van der Waals surface area contributed by atoms with Crippen LogP contribution < -0.4 is 16.2 Å². The van der Waals surface area contributed by atoms with Crippen molar-refractivity contribution in [3.8, 4) is 0 Å². The molecule has 3 rings (SSSR count). The Bertz CT molecular complexity index is 694. The second-order valence-electron chi connectivity index (χ2n) is 6.07. The van der Waals surface area contributed by atoms with Crippen LogP contribution in [0.5, 0.6) is 0 Å². The topological polar surface area (TPSA) is 167 Å². The summed E-state index contributed by atoms with van der Waals surface area (Å²) in [5.74, 6) is -1.09. The number of hydrazine groups is 1. The summed E-state index contributed by atoms with van der Waals surface area (Å²) in [4.78, 5) is 37.6. The molecule has 2 bridgehead atoms. The molecule has 0 aromatic carbocycles. The highest BCUT2D eigenvalue weighted by atomic mass is 32.3. The van der Waals surface area contributed by atoms with E-state index in [9.17, 15) is 22.8 Å². The van der Waals surface area contributed by atoms with E-state index in [1.165, 1.54) is 0 Å². The van der Waals surface area contributed by atoms with Gasteiger partial charge in [-0.05, 0) is 12.8 Å². The number of morpholine rings is 1. The number of hydrogen-bond acceptors (Lipinski definition) is 8. The van der Waals surface area contributed by atoms with E-state index in [1.807, 2.05) is 0 Å². The Balaban J connectivity index is 1.56. The zero-order valence-electron chi connectivity index (χ0n) is 13.6. The summed E-state index contributed by atoms with van der Waals surface area (Å²) in [6.45, 7) is 1.26. The number of urea groups is 1. The smallest absolute Gasteiger partial charge is 0.378 e. The Morgan fingerprint density at radius 3 is 2.65 bits per heavy atom. The molecular weight excluding hydrogens is 374 g/mol. The van der Waals surface area contributed by atoms with E-state index in [-0.39, 0.29) is 19.6 Å². The Labute approximate surface area is 148 Å². The van der Waals surface area contributed by atoms with Crippen LogP contribution in [0.2, 0.25) is 0 Å². The van der Waals surface area contributed by atoms with E-state index in [0.29, 0.717) is 24.6 Å². The van der Waals surface area contributed by atoms with Crippen LogP contribution in [0.25, 0.3) is 0 Å². The molecule has 3 heterocycles. The SMILES string of the molecule is O=C(NNC(=O)[C@H]1CC[C@@H]2CN1C(=O)N2OS(=O)(=O)O)[C@@H]1COCCN1. The number of piperidine rings is 1. The molecule has 0 aromatic rings. The molecule has 0 unspecified atom stereocenters. The Kier molecular flexibility index (Phi) is 5.29. The first-order chi connectivity index (χ1) is 12.3. The van der Waals surface area contributed by atoms with Crippen molar-refractivity contribution < 1.29 is 36.4 Å². The molecule has 3 atom stereocenters. The highest BCUT2D eigenvalue weighted by Crippen LogP contribution is 2.30. The largest absolute Gasteiger partial charge is 0.418 e. The molecule has 3 fully saturated rings. The number of fused-ring (bicyclic) bond motifs is 2. The van der Waals surface area contributed by atoms with E-state index in [0.717, 1.165) is 4.90 Å². The summed E-state index contributed by atoms with van der Waals surface area (Å²) >= 11 is 0. The normalized spacial score (nSPS) is 28.8. The van der Waals surface area contributed by atoms with Crippen molar-refractivity contribution in [3.63, 3.8) is 0 Å². The highest BCUT2D eigenvalue weighted by Gasteiger charge is 2.49. The van der Waals surface area contributed by atoms with Crippen LogP contribution in [0, 0.1) is 0 Å². The molecule has 0 spiro atoms. The van der Waals surface area contributed by atoms with Gasteiger partial charge in [0.1, 0.15) is 12.1 Å². The predicted molar refractivity (Wildman–Crippen MR) is 82.3 cm³/mol. The maximum atomic E-state index is 12.3. The molecule has 4 amide bonds. The van der Waals surface area contributed by atoms with Crippen LogP contribution in [-0.4, -0.2) is 85.2 Å². The summed E-state index contributed by atoms with van der Waals surface area (Å²) in [5, 5.41) is 3.47. The number of carbonyl (C=O) groups is 3. The number of hydroxylamine groups is 2. The average Bonchev–Trinajstić information content (AvgIpc) is 2.84. The standard InChI is InChI=1S/C12H19N5O8S/c18-10(8-6-24-4-3-13-8)14-15-11(19)9-2-1-7-5-16(9)12(20)17(7)25-26(21,22)23/h7-9,13H,1-6H2,(H,14,18)(H,15,19)(H,21,22,23)/t7-,8+,9-/m1/s1. The van der Waals surface area contributed by atoms with Crippen LogP contribution in [0.4, 0.5) is 4.79 Å². The average molecular weight is 393 g/mol. The predicted octanol–water partition coefficient (Wildman–Crippen LogP) is -2.87. The van der Waals surface area contributed by atoms with Crippen LogP contribution in [0.3, 0.4) is 0 Å². The van der Waals surface area contributed by atoms with E-state index in [1.54, 1.807) is 0 Å². The summed E-state index contributed by atoms with van der Waals surface area (Å²) in [6, 6.07) is -2.93. The van der Waals surface area contributed by atoms with Gasteiger partial charge in [0.15, 0.2) is 0 Å². The van der Waals surface area contributed by atoms with E-state index in [4.69, 9.17) is 9.29 Å². The second-order valence-corrected chi connectivity index (χ2v) is 7.07. The molecule has 4 N–H and O–H groups in total. The van der Waals surface area contributed by atoms with Crippen LogP contribution in [0.1, 0.15) is 12.8 Å². The summed E-state index contributed by atoms with van der Waals surface area (Å²) in [6.07, 6.45) is 0.538. The third-order valence-corrected chi connectivity index (χ3v) is 4.70. The molecule has 13 nitrogen and oxygen atoms in total. The molecule has 14 heteroatoms. The highest BCUT2D eigenvalue weighted by molar-refractivity contribution is 7.80. The van der Waals surface area contributed by atoms with Crippen molar-refractivity contribution in [2.45, 2.75) is 31.0 Å². The minimum atomic E-state index is -4.85. The first kappa shape index (κ1) is 18.8. The first-order valence-electron chi connectivity index (χ1n) is 7.94. The number of rotatable bonds is 4. The molecular formula is C12H19N5O8S. The Morgan fingerprint density at radius 2 is 2.00 bits per heavy atom. The van der Waals surface area contributed by atoms with Gasteiger partial charge in [0, 0.05) is 13.1 Å². The number of hydrogen-bond donors (Lipinski definition) is 4. The summed E-state index contributed by atoms with van der Waals surface area (Å²) in [5.41, 5.74) is 4.53. The van der Waals surface area contributed by atoms with Gasteiger partial charge in [-0.3, -0.25) is 25.0 Å². The monoisotopic (exact) mass is 393 g/mol. The Hall–Kier alpha value is -2.00. The molecule has 3 aliphatic heterocycles.